The first kappa shape index (κ1) is 12.3. The predicted octanol–water partition coefficient (Wildman–Crippen LogP) is 0.829. The van der Waals surface area contributed by atoms with Gasteiger partial charge in [0.1, 0.15) is 0 Å². The van der Waals surface area contributed by atoms with Crippen LogP contribution in [-0.4, -0.2) is 50.8 Å². The molecule has 1 saturated heterocycles. The van der Waals surface area contributed by atoms with Crippen molar-refractivity contribution in [1.82, 2.24) is 9.80 Å². The van der Waals surface area contributed by atoms with E-state index in [2.05, 4.69) is 0 Å². The summed E-state index contributed by atoms with van der Waals surface area (Å²) in [7, 11) is 1.66. The summed E-state index contributed by atoms with van der Waals surface area (Å²) in [6, 6.07) is 8.37. The van der Waals surface area contributed by atoms with Crippen LogP contribution >= 0.6 is 0 Å². The minimum absolute atomic E-state index is 0.246. The van der Waals surface area contributed by atoms with Crippen LogP contribution in [0.3, 0.4) is 0 Å². The molecule has 3 amide bonds. The second kappa shape index (κ2) is 3.90. The lowest BCUT2D eigenvalue weighted by molar-refractivity contribution is -0.129. The van der Waals surface area contributed by atoms with E-state index in [1.807, 2.05) is 6.07 Å². The SMILES string of the molecule is CN1C(=O)N(C)[C@@H]2C[C@]2(S(=O)c2ccccc2)C1=O. The molecule has 1 heterocycles. The summed E-state index contributed by atoms with van der Waals surface area (Å²) in [5, 5.41) is 0. The van der Waals surface area contributed by atoms with E-state index in [0.717, 1.165) is 4.90 Å². The summed E-state index contributed by atoms with van der Waals surface area (Å²) in [6.45, 7) is 0. The highest BCUT2D eigenvalue weighted by atomic mass is 32.2. The van der Waals surface area contributed by atoms with Crippen LogP contribution in [0.5, 0.6) is 0 Å². The Morgan fingerprint density at radius 1 is 1.21 bits per heavy atom. The van der Waals surface area contributed by atoms with Crippen molar-refractivity contribution in [2.45, 2.75) is 22.1 Å². The summed E-state index contributed by atoms with van der Waals surface area (Å²) >= 11 is 0. The molecule has 1 unspecified atom stereocenters. The lowest BCUT2D eigenvalue weighted by atomic mass is 10.3. The molecule has 19 heavy (non-hydrogen) atoms. The zero-order chi connectivity index (χ0) is 13.8. The van der Waals surface area contributed by atoms with Crippen LogP contribution in [-0.2, 0) is 15.6 Å². The molecule has 1 aliphatic heterocycles. The minimum atomic E-state index is -1.43. The van der Waals surface area contributed by atoms with Crippen molar-refractivity contribution in [2.24, 2.45) is 0 Å². The average molecular weight is 278 g/mol. The van der Waals surface area contributed by atoms with Crippen molar-refractivity contribution in [1.29, 1.82) is 0 Å². The third kappa shape index (κ3) is 1.49. The van der Waals surface area contributed by atoms with Gasteiger partial charge >= 0.3 is 6.03 Å². The molecule has 2 fully saturated rings. The monoisotopic (exact) mass is 278 g/mol. The summed E-state index contributed by atoms with van der Waals surface area (Å²) in [4.78, 5) is 27.4. The van der Waals surface area contributed by atoms with Crippen LogP contribution in [0.15, 0.2) is 35.2 Å². The number of rotatable bonds is 2. The number of carbonyl (C=O) groups excluding carboxylic acids is 2. The molecular formula is C13H14N2O3S. The molecule has 3 atom stereocenters. The quantitative estimate of drug-likeness (QED) is 0.805. The van der Waals surface area contributed by atoms with Crippen molar-refractivity contribution < 1.29 is 13.8 Å². The Morgan fingerprint density at radius 3 is 2.47 bits per heavy atom. The van der Waals surface area contributed by atoms with Gasteiger partial charge in [-0.2, -0.15) is 0 Å². The van der Waals surface area contributed by atoms with Gasteiger partial charge in [0.2, 0.25) is 0 Å². The normalized spacial score (nSPS) is 31.2. The summed E-state index contributed by atoms with van der Waals surface area (Å²) in [5.41, 5.74) is 0. The third-order valence-electron chi connectivity index (χ3n) is 3.89. The maximum Gasteiger partial charge on any atom is 0.326 e. The summed E-state index contributed by atoms with van der Waals surface area (Å²) < 4.78 is 11.8. The van der Waals surface area contributed by atoms with Crippen molar-refractivity contribution >= 4 is 22.7 Å². The number of urea groups is 1. The molecule has 0 bridgehead atoms. The minimum Gasteiger partial charge on any atom is -0.322 e. The second-order valence-corrected chi connectivity index (χ2v) is 6.69. The van der Waals surface area contributed by atoms with Gasteiger partial charge in [0.25, 0.3) is 5.91 Å². The van der Waals surface area contributed by atoms with Gasteiger partial charge in [0.15, 0.2) is 4.75 Å². The fourth-order valence-electron chi connectivity index (χ4n) is 2.68. The van der Waals surface area contributed by atoms with E-state index in [4.69, 9.17) is 0 Å². The number of hydrogen-bond donors (Lipinski definition) is 0. The number of imide groups is 1. The Labute approximate surface area is 113 Å². The standard InChI is InChI=1S/C13H14N2O3S/c1-14-10-8-13(10,11(16)15(2)12(14)17)19(18)9-6-4-3-5-7-9/h3-7,10H,8H2,1-2H3/t10-,13-,19?/m1/s1. The van der Waals surface area contributed by atoms with E-state index in [1.54, 1.807) is 31.3 Å². The molecule has 1 saturated carbocycles. The van der Waals surface area contributed by atoms with Gasteiger partial charge in [-0.25, -0.2) is 4.79 Å². The highest BCUT2D eigenvalue weighted by Gasteiger charge is 2.71. The smallest absolute Gasteiger partial charge is 0.322 e. The third-order valence-corrected chi connectivity index (χ3v) is 5.86. The van der Waals surface area contributed by atoms with Gasteiger partial charge in [-0.3, -0.25) is 13.9 Å². The number of fused-ring (bicyclic) bond motifs is 1. The maximum absolute atomic E-state index is 12.7. The van der Waals surface area contributed by atoms with E-state index in [9.17, 15) is 13.8 Å². The number of benzene rings is 1. The van der Waals surface area contributed by atoms with E-state index in [1.165, 1.54) is 11.9 Å². The van der Waals surface area contributed by atoms with Crippen LogP contribution in [0.4, 0.5) is 4.79 Å². The van der Waals surface area contributed by atoms with E-state index in [-0.39, 0.29) is 18.0 Å². The molecule has 3 rings (SSSR count). The lowest BCUT2D eigenvalue weighted by Gasteiger charge is -2.33. The Kier molecular flexibility index (Phi) is 2.53. The molecule has 5 nitrogen and oxygen atoms in total. The topological polar surface area (TPSA) is 57.7 Å². The van der Waals surface area contributed by atoms with Gasteiger partial charge in [0.05, 0.1) is 16.8 Å². The Hall–Kier alpha value is -1.69. The van der Waals surface area contributed by atoms with Gasteiger partial charge in [-0.05, 0) is 18.6 Å². The molecule has 1 aromatic rings. The molecule has 6 heteroatoms. The van der Waals surface area contributed by atoms with Crippen LogP contribution < -0.4 is 0 Å². The second-order valence-electron chi connectivity index (χ2n) is 4.95. The highest BCUT2D eigenvalue weighted by molar-refractivity contribution is 7.87. The average Bonchev–Trinajstić information content (AvgIpc) is 3.20. The lowest BCUT2D eigenvalue weighted by Crippen LogP contribution is -2.57. The first-order chi connectivity index (χ1) is 9.00. The molecule has 100 valence electrons. The molecule has 1 aromatic carbocycles. The van der Waals surface area contributed by atoms with Crippen molar-refractivity contribution in [3.63, 3.8) is 0 Å². The molecule has 0 N–H and O–H groups in total. The Bertz CT molecular complexity index is 589. The summed E-state index contributed by atoms with van der Waals surface area (Å²) in [6.07, 6.45) is 0.472. The van der Waals surface area contributed by atoms with Crippen molar-refractivity contribution in [3.05, 3.63) is 30.3 Å². The summed E-state index contributed by atoms with van der Waals surface area (Å²) in [5.74, 6) is -0.331. The van der Waals surface area contributed by atoms with Crippen LogP contribution in [0.2, 0.25) is 0 Å². The first-order valence-electron chi connectivity index (χ1n) is 6.02. The van der Waals surface area contributed by atoms with E-state index < -0.39 is 15.5 Å². The maximum atomic E-state index is 12.7. The van der Waals surface area contributed by atoms with Gasteiger partial charge in [0, 0.05) is 19.0 Å². The van der Waals surface area contributed by atoms with E-state index in [0.29, 0.717) is 11.3 Å². The van der Waals surface area contributed by atoms with Crippen LogP contribution in [0, 0.1) is 0 Å². The Balaban J connectivity index is 2.00. The van der Waals surface area contributed by atoms with Gasteiger partial charge in [-0.15, -0.1) is 0 Å². The Morgan fingerprint density at radius 2 is 1.84 bits per heavy atom. The molecule has 0 radical (unpaired) electrons. The van der Waals surface area contributed by atoms with Crippen molar-refractivity contribution in [2.75, 3.05) is 14.1 Å². The molecule has 0 aromatic heterocycles. The van der Waals surface area contributed by atoms with Gasteiger partial charge in [-0.1, -0.05) is 18.2 Å². The fourth-order valence-corrected chi connectivity index (χ4v) is 4.52. The molecule has 0 spiro atoms. The van der Waals surface area contributed by atoms with Crippen LogP contribution in [0.25, 0.3) is 0 Å². The van der Waals surface area contributed by atoms with Crippen LogP contribution in [0.1, 0.15) is 6.42 Å². The molecule has 1 aliphatic carbocycles. The van der Waals surface area contributed by atoms with Crippen molar-refractivity contribution in [3.8, 4) is 0 Å². The van der Waals surface area contributed by atoms with E-state index >= 15 is 0 Å². The largest absolute Gasteiger partial charge is 0.326 e. The predicted molar refractivity (Wildman–Crippen MR) is 69.9 cm³/mol. The number of carbonyl (C=O) groups is 2. The number of amides is 3. The van der Waals surface area contributed by atoms with Gasteiger partial charge < -0.3 is 4.90 Å². The zero-order valence-electron chi connectivity index (χ0n) is 10.7. The zero-order valence-corrected chi connectivity index (χ0v) is 11.5. The number of nitrogens with zero attached hydrogens (tertiary/aromatic N) is 2. The first-order valence-corrected chi connectivity index (χ1v) is 7.17. The fraction of sp³-hybridized carbons (Fsp3) is 0.385. The molecular weight excluding hydrogens is 264 g/mol. The highest BCUT2D eigenvalue weighted by Crippen LogP contribution is 2.51. The number of hydrogen-bond acceptors (Lipinski definition) is 3. The molecule has 2 aliphatic rings.